The molecule has 0 saturated carbocycles. The highest BCUT2D eigenvalue weighted by Crippen LogP contribution is 2.19. The summed E-state index contributed by atoms with van der Waals surface area (Å²) < 4.78 is 42.2. The van der Waals surface area contributed by atoms with E-state index in [1.54, 1.807) is 6.92 Å². The molecule has 0 spiro atoms. The van der Waals surface area contributed by atoms with Crippen LogP contribution in [-0.2, 0) is 6.54 Å². The molecule has 2 N–H and O–H groups in total. The van der Waals surface area contributed by atoms with Crippen molar-refractivity contribution in [1.82, 2.24) is 25.7 Å². The highest BCUT2D eigenvalue weighted by Gasteiger charge is 2.34. The molecule has 138 valence electrons. The molecule has 2 rings (SSSR count). The third kappa shape index (κ3) is 7.20. The fourth-order valence-electron chi connectivity index (χ4n) is 2.41. The van der Waals surface area contributed by atoms with Crippen molar-refractivity contribution in [3.63, 3.8) is 0 Å². The third-order valence-electron chi connectivity index (χ3n) is 3.30. The van der Waals surface area contributed by atoms with Gasteiger partial charge in [0.15, 0.2) is 11.8 Å². The Kier molecular flexibility index (Phi) is 8.19. The number of aliphatic imine (C=N–C) groups is 1. The van der Waals surface area contributed by atoms with Crippen LogP contribution in [0, 0.1) is 6.92 Å². The monoisotopic (exact) mass is 462 g/mol. The fraction of sp³-hybridized carbons (Fsp3) is 0.769. The zero-order chi connectivity index (χ0) is 16.9. The zero-order valence-corrected chi connectivity index (χ0v) is 15.9. The molecular formula is C13H22F3IN6O. The smallest absolute Gasteiger partial charge is 0.357 e. The Labute approximate surface area is 155 Å². The molecule has 2 heterocycles. The van der Waals surface area contributed by atoms with Gasteiger partial charge in [-0.3, -0.25) is 4.90 Å². The first kappa shape index (κ1) is 20.9. The molecule has 11 heteroatoms. The summed E-state index contributed by atoms with van der Waals surface area (Å²) in [7, 11) is 0. The van der Waals surface area contributed by atoms with E-state index in [-0.39, 0.29) is 36.6 Å². The molecule has 24 heavy (non-hydrogen) atoms. The minimum Gasteiger partial charge on any atom is -0.357 e. The van der Waals surface area contributed by atoms with Crippen molar-refractivity contribution in [3.8, 4) is 0 Å². The maximum absolute atomic E-state index is 12.4. The molecule has 0 aromatic carbocycles. The minimum atomic E-state index is -4.16. The molecule has 1 saturated heterocycles. The number of alkyl halides is 3. The second kappa shape index (κ2) is 9.39. The number of nitrogens with one attached hydrogen (secondary N) is 2. The highest BCUT2D eigenvalue weighted by atomic mass is 127. The lowest BCUT2D eigenvalue weighted by molar-refractivity contribution is -0.143. The predicted molar refractivity (Wildman–Crippen MR) is 93.3 cm³/mol. The van der Waals surface area contributed by atoms with Gasteiger partial charge in [0.25, 0.3) is 0 Å². The number of rotatable bonds is 5. The van der Waals surface area contributed by atoms with Gasteiger partial charge in [-0.15, -0.1) is 24.0 Å². The molecule has 1 aromatic heterocycles. The van der Waals surface area contributed by atoms with Gasteiger partial charge < -0.3 is 15.2 Å². The number of nitrogens with zero attached hydrogens (tertiary/aromatic N) is 4. The average Bonchev–Trinajstić information content (AvgIpc) is 3.04. The Balaban J connectivity index is 0.00000288. The van der Waals surface area contributed by atoms with E-state index in [2.05, 4.69) is 25.8 Å². The second-order valence-electron chi connectivity index (χ2n) is 5.41. The molecule has 1 fully saturated rings. The molecule has 0 amide bonds. The summed E-state index contributed by atoms with van der Waals surface area (Å²) in [6.45, 7) is 4.37. The summed E-state index contributed by atoms with van der Waals surface area (Å²) in [5, 5.41) is 9.89. The number of guanidine groups is 1. The van der Waals surface area contributed by atoms with Crippen LogP contribution in [0.5, 0.6) is 0 Å². The van der Waals surface area contributed by atoms with E-state index in [0.29, 0.717) is 43.7 Å². The van der Waals surface area contributed by atoms with Gasteiger partial charge in [0.1, 0.15) is 6.54 Å². The summed E-state index contributed by atoms with van der Waals surface area (Å²) in [5.74, 6) is 1.46. The van der Waals surface area contributed by atoms with E-state index >= 15 is 0 Å². The van der Waals surface area contributed by atoms with Gasteiger partial charge in [-0.2, -0.15) is 18.2 Å². The van der Waals surface area contributed by atoms with Crippen LogP contribution in [0.4, 0.5) is 13.2 Å². The lowest BCUT2D eigenvalue weighted by atomic mass is 10.3. The van der Waals surface area contributed by atoms with Crippen molar-refractivity contribution in [2.24, 2.45) is 4.99 Å². The predicted octanol–water partition coefficient (Wildman–Crippen LogP) is 1.69. The number of likely N-dealkylation sites (tertiary alicyclic amines) is 1. The molecule has 1 atom stereocenters. The largest absolute Gasteiger partial charge is 0.401 e. The normalized spacial score (nSPS) is 19.2. The molecule has 1 unspecified atom stereocenters. The summed E-state index contributed by atoms with van der Waals surface area (Å²) in [6.07, 6.45) is -3.52. The van der Waals surface area contributed by atoms with E-state index in [0.717, 1.165) is 0 Å². The minimum absolute atomic E-state index is 0. The van der Waals surface area contributed by atoms with Gasteiger partial charge in [0.05, 0.1) is 6.54 Å². The summed E-state index contributed by atoms with van der Waals surface area (Å²) in [6, 6.07) is -0.0698. The SMILES string of the molecule is CCNC(=NCc1nc(C)no1)NC1CCN(CC(F)(F)F)C1.I. The third-order valence-corrected chi connectivity index (χ3v) is 3.30. The second-order valence-corrected chi connectivity index (χ2v) is 5.41. The highest BCUT2D eigenvalue weighted by molar-refractivity contribution is 14.0. The van der Waals surface area contributed by atoms with Crippen LogP contribution in [0.2, 0.25) is 0 Å². The Morgan fingerprint density at radius 3 is 2.79 bits per heavy atom. The maximum Gasteiger partial charge on any atom is 0.401 e. The van der Waals surface area contributed by atoms with Gasteiger partial charge in [0, 0.05) is 25.7 Å². The lowest BCUT2D eigenvalue weighted by Crippen LogP contribution is -2.45. The van der Waals surface area contributed by atoms with Crippen molar-refractivity contribution < 1.29 is 17.7 Å². The topological polar surface area (TPSA) is 78.6 Å². The first-order chi connectivity index (χ1) is 10.9. The first-order valence-electron chi connectivity index (χ1n) is 7.49. The molecule has 1 aromatic rings. The number of aromatic nitrogens is 2. The van der Waals surface area contributed by atoms with Crippen molar-refractivity contribution in [1.29, 1.82) is 0 Å². The van der Waals surface area contributed by atoms with Crippen LogP contribution in [0.15, 0.2) is 9.52 Å². The number of hydrogen-bond donors (Lipinski definition) is 2. The molecule has 0 radical (unpaired) electrons. The van der Waals surface area contributed by atoms with Crippen molar-refractivity contribution in [3.05, 3.63) is 11.7 Å². The van der Waals surface area contributed by atoms with Crippen LogP contribution >= 0.6 is 24.0 Å². The average molecular weight is 462 g/mol. The fourth-order valence-corrected chi connectivity index (χ4v) is 2.41. The molecule has 0 bridgehead atoms. The van der Waals surface area contributed by atoms with E-state index in [9.17, 15) is 13.2 Å². The van der Waals surface area contributed by atoms with Gasteiger partial charge in [-0.1, -0.05) is 5.16 Å². The van der Waals surface area contributed by atoms with E-state index in [1.807, 2.05) is 6.92 Å². The molecule has 0 aliphatic carbocycles. The maximum atomic E-state index is 12.4. The Morgan fingerprint density at radius 1 is 1.46 bits per heavy atom. The zero-order valence-electron chi connectivity index (χ0n) is 13.6. The van der Waals surface area contributed by atoms with Gasteiger partial charge in [0.2, 0.25) is 5.89 Å². The van der Waals surface area contributed by atoms with Crippen molar-refractivity contribution in [2.75, 3.05) is 26.2 Å². The van der Waals surface area contributed by atoms with Gasteiger partial charge in [-0.25, -0.2) is 4.99 Å². The summed E-state index contributed by atoms with van der Waals surface area (Å²) in [5.41, 5.74) is 0. The molecule has 1 aliphatic heterocycles. The Hall–Kier alpha value is -1.11. The lowest BCUT2D eigenvalue weighted by Gasteiger charge is -2.19. The van der Waals surface area contributed by atoms with Gasteiger partial charge in [-0.05, 0) is 20.3 Å². The standard InChI is InChI=1S/C13H21F3N6O.HI/c1-3-17-12(18-6-11-19-9(2)21-23-11)20-10-4-5-22(7-10)8-13(14,15)16;/h10H,3-8H2,1-2H3,(H2,17,18,20);1H. The molecule has 1 aliphatic rings. The van der Waals surface area contributed by atoms with Crippen molar-refractivity contribution in [2.45, 2.75) is 39.0 Å². The number of halogens is 4. The Bertz CT molecular complexity index is 536. The molecular weight excluding hydrogens is 440 g/mol. The number of hydrogen-bond acceptors (Lipinski definition) is 5. The van der Waals surface area contributed by atoms with Gasteiger partial charge >= 0.3 is 6.18 Å². The van der Waals surface area contributed by atoms with E-state index in [1.165, 1.54) is 4.90 Å². The first-order valence-corrected chi connectivity index (χ1v) is 7.49. The van der Waals surface area contributed by atoms with Crippen molar-refractivity contribution >= 4 is 29.9 Å². The van der Waals surface area contributed by atoms with Crippen LogP contribution < -0.4 is 10.6 Å². The summed E-state index contributed by atoms with van der Waals surface area (Å²) >= 11 is 0. The van der Waals surface area contributed by atoms with Crippen LogP contribution in [0.3, 0.4) is 0 Å². The number of aryl methyl sites for hydroxylation is 1. The van der Waals surface area contributed by atoms with E-state index in [4.69, 9.17) is 4.52 Å². The quantitative estimate of drug-likeness (QED) is 0.394. The van der Waals surface area contributed by atoms with Crippen LogP contribution in [0.25, 0.3) is 0 Å². The van der Waals surface area contributed by atoms with Crippen LogP contribution in [0.1, 0.15) is 25.1 Å². The van der Waals surface area contributed by atoms with E-state index < -0.39 is 12.7 Å². The van der Waals surface area contributed by atoms with Crippen LogP contribution in [-0.4, -0.2) is 59.4 Å². The Morgan fingerprint density at radius 2 is 2.21 bits per heavy atom. The molecule has 7 nitrogen and oxygen atoms in total. The summed E-state index contributed by atoms with van der Waals surface area (Å²) in [4.78, 5) is 9.76.